The Morgan fingerprint density at radius 1 is 1.29 bits per heavy atom. The molecule has 118 valence electrons. The number of para-hydroxylation sites is 1. The molecule has 0 spiro atoms. The third-order valence-corrected chi connectivity index (χ3v) is 2.61. The summed E-state index contributed by atoms with van der Waals surface area (Å²) in [5, 5.41) is 29.5. The van der Waals surface area contributed by atoms with E-state index in [2.05, 4.69) is 12.2 Å². The van der Waals surface area contributed by atoms with E-state index < -0.39 is 11.9 Å². The van der Waals surface area contributed by atoms with Crippen LogP contribution in [0.3, 0.4) is 0 Å². The highest BCUT2D eigenvalue weighted by Gasteiger charge is 2.08. The lowest BCUT2D eigenvalue weighted by atomic mass is 10.1. The zero-order valence-corrected chi connectivity index (χ0v) is 11.8. The Bertz CT molecular complexity index is 441. The Balaban J connectivity index is 0.000000567. The van der Waals surface area contributed by atoms with Gasteiger partial charge in [-0.1, -0.05) is 18.2 Å². The van der Waals surface area contributed by atoms with E-state index in [1.165, 1.54) is 0 Å². The standard InChI is InChI=1S/C12H18FNO.C2H2O4/c1-10(14-8-4-7-13)9-11-5-2-3-6-12(11)15;3-1(4)2(5)6/h2-3,5-6,10,14-15H,4,7-9H2,1H3;(H,3,4)(H,5,6)/p-1. The van der Waals surface area contributed by atoms with Gasteiger partial charge in [0.1, 0.15) is 5.75 Å². The fourth-order valence-corrected chi connectivity index (χ4v) is 1.59. The number of phenols is 1. The highest BCUT2D eigenvalue weighted by atomic mass is 19.1. The third-order valence-electron chi connectivity index (χ3n) is 2.61. The van der Waals surface area contributed by atoms with Gasteiger partial charge in [0.15, 0.2) is 0 Å². The van der Waals surface area contributed by atoms with Crippen LogP contribution in [-0.2, 0) is 16.0 Å². The second-order valence-electron chi connectivity index (χ2n) is 4.45. The van der Waals surface area contributed by atoms with Crippen LogP contribution >= 0.6 is 0 Å². The number of carbonyl (C=O) groups is 2. The van der Waals surface area contributed by atoms with E-state index in [1.807, 2.05) is 18.2 Å². The molecule has 0 radical (unpaired) electrons. The van der Waals surface area contributed by atoms with Gasteiger partial charge in [-0.05, 0) is 18.6 Å². The molecule has 0 aromatic heterocycles. The average molecular weight is 300 g/mol. The van der Waals surface area contributed by atoms with Gasteiger partial charge in [-0.2, -0.15) is 0 Å². The maximum Gasteiger partial charge on any atom is 0.119 e. The first kappa shape index (κ1) is 18.9. The van der Waals surface area contributed by atoms with Crippen molar-refractivity contribution in [3.05, 3.63) is 29.8 Å². The van der Waals surface area contributed by atoms with Crippen molar-refractivity contribution in [2.45, 2.75) is 25.8 Å². The molecular formula is C14H19FNO5-. The molecular weight excluding hydrogens is 281 g/mol. The summed E-state index contributed by atoms with van der Waals surface area (Å²) >= 11 is 0. The monoisotopic (exact) mass is 300 g/mol. The molecule has 1 rings (SSSR count). The third kappa shape index (κ3) is 9.39. The van der Waals surface area contributed by atoms with Crippen LogP contribution < -0.4 is 15.5 Å². The van der Waals surface area contributed by atoms with E-state index in [0.29, 0.717) is 18.2 Å². The molecule has 6 nitrogen and oxygen atoms in total. The number of phenolic OH excluding ortho intramolecular Hbond substituents is 1. The molecule has 1 unspecified atom stereocenters. The maximum absolute atomic E-state index is 11.9. The van der Waals surface area contributed by atoms with Crippen molar-refractivity contribution in [2.75, 3.05) is 13.2 Å². The number of quaternary nitrogens is 1. The largest absolute Gasteiger partial charge is 0.543 e. The van der Waals surface area contributed by atoms with E-state index in [9.17, 15) is 9.50 Å². The number of aromatic hydroxyl groups is 1. The Kier molecular flexibility index (Phi) is 9.53. The van der Waals surface area contributed by atoms with E-state index >= 15 is 0 Å². The van der Waals surface area contributed by atoms with Crippen molar-refractivity contribution in [2.24, 2.45) is 0 Å². The molecule has 0 fully saturated rings. The van der Waals surface area contributed by atoms with Gasteiger partial charge in [0.05, 0.1) is 31.2 Å². The van der Waals surface area contributed by atoms with Gasteiger partial charge >= 0.3 is 0 Å². The molecule has 0 aliphatic rings. The van der Waals surface area contributed by atoms with Crippen LogP contribution in [0.25, 0.3) is 0 Å². The van der Waals surface area contributed by atoms with Gasteiger partial charge < -0.3 is 30.2 Å². The number of carbonyl (C=O) groups excluding carboxylic acids is 2. The Morgan fingerprint density at radius 2 is 1.86 bits per heavy atom. The first-order valence-corrected chi connectivity index (χ1v) is 6.47. The second kappa shape index (κ2) is 10.6. The molecule has 1 aromatic rings. The molecule has 7 heteroatoms. The number of hydrogen-bond donors (Lipinski definition) is 2. The predicted octanol–water partition coefficient (Wildman–Crippen LogP) is -2.27. The van der Waals surface area contributed by atoms with E-state index in [1.54, 1.807) is 6.07 Å². The van der Waals surface area contributed by atoms with Crippen molar-refractivity contribution in [3.8, 4) is 5.75 Å². The number of hydrogen-bond acceptors (Lipinski definition) is 5. The summed E-state index contributed by atoms with van der Waals surface area (Å²) in [4.78, 5) is 17.9. The number of carboxylic acid groups (broad SMARTS) is 2. The van der Waals surface area contributed by atoms with Crippen molar-refractivity contribution in [1.82, 2.24) is 0 Å². The zero-order chi connectivity index (χ0) is 16.3. The second-order valence-corrected chi connectivity index (χ2v) is 4.45. The minimum Gasteiger partial charge on any atom is -0.543 e. The van der Waals surface area contributed by atoms with Gasteiger partial charge in [0.2, 0.25) is 0 Å². The molecule has 0 heterocycles. The normalized spacial score (nSPS) is 11.1. The van der Waals surface area contributed by atoms with Crippen molar-refractivity contribution >= 4 is 11.9 Å². The minimum atomic E-state index is -2.19. The van der Waals surface area contributed by atoms with Crippen LogP contribution in [0.5, 0.6) is 5.75 Å². The minimum absolute atomic E-state index is 0.250. The SMILES string of the molecule is CC(Cc1ccccc1O)[NH2+]CCCF.O=C([O-])C(=O)[O-]. The first-order valence-electron chi connectivity index (χ1n) is 6.47. The molecule has 0 amide bonds. The van der Waals surface area contributed by atoms with Crippen LogP contribution in [0.2, 0.25) is 0 Å². The summed E-state index contributed by atoms with van der Waals surface area (Å²) in [5.74, 6) is -4.02. The first-order chi connectivity index (χ1) is 9.88. The number of aliphatic carboxylic acids is 2. The molecule has 3 N–H and O–H groups in total. The van der Waals surface area contributed by atoms with Crippen LogP contribution in [-0.4, -0.2) is 36.3 Å². The topological polar surface area (TPSA) is 117 Å². The van der Waals surface area contributed by atoms with Crippen molar-refractivity contribution in [1.29, 1.82) is 0 Å². The van der Waals surface area contributed by atoms with Crippen LogP contribution in [0.1, 0.15) is 18.9 Å². The lowest BCUT2D eigenvalue weighted by Gasteiger charge is -2.11. The molecule has 0 bridgehead atoms. The average Bonchev–Trinajstić information content (AvgIpc) is 2.42. The van der Waals surface area contributed by atoms with Crippen LogP contribution in [0.4, 0.5) is 4.39 Å². The number of alkyl halides is 1. The Labute approximate surface area is 122 Å². The maximum atomic E-state index is 11.9. The lowest BCUT2D eigenvalue weighted by Crippen LogP contribution is -2.89. The van der Waals surface area contributed by atoms with Gasteiger partial charge in [-0.15, -0.1) is 0 Å². The lowest BCUT2D eigenvalue weighted by molar-refractivity contribution is -0.686. The number of rotatable bonds is 6. The molecule has 0 aliphatic heterocycles. The molecule has 1 aromatic carbocycles. The summed E-state index contributed by atoms with van der Waals surface area (Å²) in [6.07, 6.45) is 1.42. The van der Waals surface area contributed by atoms with Gasteiger partial charge in [0.25, 0.3) is 0 Å². The van der Waals surface area contributed by atoms with E-state index in [4.69, 9.17) is 19.8 Å². The Morgan fingerprint density at radius 3 is 2.33 bits per heavy atom. The summed E-state index contributed by atoms with van der Waals surface area (Å²) < 4.78 is 11.9. The number of nitrogens with two attached hydrogens (primary N) is 1. The Hall–Kier alpha value is -2.15. The van der Waals surface area contributed by atoms with Crippen LogP contribution in [0.15, 0.2) is 24.3 Å². The predicted molar refractivity (Wildman–Crippen MR) is 68.7 cm³/mol. The summed E-state index contributed by atoms with van der Waals surface area (Å²) in [5.41, 5.74) is 0.960. The number of halogens is 1. The molecule has 0 saturated heterocycles. The highest BCUT2D eigenvalue weighted by Crippen LogP contribution is 2.16. The number of carboxylic acids is 2. The van der Waals surface area contributed by atoms with Gasteiger partial charge in [0, 0.05) is 12.8 Å². The zero-order valence-electron chi connectivity index (χ0n) is 11.8. The smallest absolute Gasteiger partial charge is 0.119 e. The summed E-state index contributed by atoms with van der Waals surface area (Å²) in [6.45, 7) is 2.65. The van der Waals surface area contributed by atoms with Gasteiger partial charge in [-0.25, -0.2) is 0 Å². The van der Waals surface area contributed by atoms with Crippen LogP contribution in [0, 0.1) is 0 Å². The van der Waals surface area contributed by atoms with Crippen molar-refractivity contribution in [3.63, 3.8) is 0 Å². The highest BCUT2D eigenvalue weighted by molar-refractivity contribution is 6.25. The molecule has 21 heavy (non-hydrogen) atoms. The molecule has 0 aliphatic carbocycles. The molecule has 0 saturated carbocycles. The summed E-state index contributed by atoms with van der Waals surface area (Å²) in [6, 6.07) is 7.74. The quantitative estimate of drug-likeness (QED) is 0.454. The van der Waals surface area contributed by atoms with Crippen molar-refractivity contribution < 1.29 is 34.6 Å². The summed E-state index contributed by atoms with van der Waals surface area (Å²) in [7, 11) is 0. The van der Waals surface area contributed by atoms with E-state index in [0.717, 1.165) is 18.5 Å². The fraction of sp³-hybridized carbons (Fsp3) is 0.429. The molecule has 1 atom stereocenters. The number of benzene rings is 1. The fourth-order valence-electron chi connectivity index (χ4n) is 1.59. The van der Waals surface area contributed by atoms with E-state index in [-0.39, 0.29) is 6.67 Å². The van der Waals surface area contributed by atoms with Gasteiger partial charge in [-0.3, -0.25) is 4.39 Å².